The van der Waals surface area contributed by atoms with E-state index < -0.39 is 15.7 Å². The van der Waals surface area contributed by atoms with E-state index in [0.29, 0.717) is 30.4 Å². The lowest BCUT2D eigenvalue weighted by molar-refractivity contribution is 0.0995. The number of hydrogen-bond donors (Lipinski definition) is 1. The SMILES string of the molecule is O=C(Nc1cc2c(cc1Cl)OCCCO2)c1occc1CS(=O)(=O)c1ccccc1. The van der Waals surface area contributed by atoms with Crippen molar-refractivity contribution in [3.8, 4) is 11.5 Å². The zero-order chi connectivity index (χ0) is 21.1. The van der Waals surface area contributed by atoms with Crippen LogP contribution in [-0.2, 0) is 15.6 Å². The molecule has 0 saturated carbocycles. The van der Waals surface area contributed by atoms with E-state index in [1.54, 1.807) is 30.3 Å². The van der Waals surface area contributed by atoms with Crippen molar-refractivity contribution in [1.82, 2.24) is 0 Å². The van der Waals surface area contributed by atoms with E-state index in [0.717, 1.165) is 6.42 Å². The van der Waals surface area contributed by atoms with Crippen molar-refractivity contribution in [2.45, 2.75) is 17.1 Å². The lowest BCUT2D eigenvalue weighted by Gasteiger charge is -2.12. The quantitative estimate of drug-likeness (QED) is 0.625. The summed E-state index contributed by atoms with van der Waals surface area (Å²) in [5, 5.41) is 2.92. The highest BCUT2D eigenvalue weighted by atomic mass is 35.5. The number of rotatable bonds is 5. The summed E-state index contributed by atoms with van der Waals surface area (Å²) in [5.41, 5.74) is 0.556. The molecule has 0 atom stereocenters. The molecule has 0 fully saturated rings. The van der Waals surface area contributed by atoms with Crippen molar-refractivity contribution >= 4 is 33.0 Å². The Kier molecular flexibility index (Phi) is 5.69. The number of halogens is 1. The van der Waals surface area contributed by atoms with E-state index >= 15 is 0 Å². The van der Waals surface area contributed by atoms with Crippen LogP contribution < -0.4 is 14.8 Å². The number of amides is 1. The molecule has 1 amide bonds. The third kappa shape index (κ3) is 4.29. The molecule has 0 aliphatic carbocycles. The third-order valence-corrected chi connectivity index (χ3v) is 6.48. The standard InChI is InChI=1S/C21H18ClNO6S/c22-16-11-18-19(28-9-4-8-27-18)12-17(16)23-21(24)20-14(7-10-29-20)13-30(25,26)15-5-2-1-3-6-15/h1-3,5-7,10-12H,4,8-9,13H2,(H,23,24). The summed E-state index contributed by atoms with van der Waals surface area (Å²) in [6.45, 7) is 1.00. The molecule has 1 N–H and O–H groups in total. The molecule has 30 heavy (non-hydrogen) atoms. The molecule has 0 radical (unpaired) electrons. The molecular weight excluding hydrogens is 430 g/mol. The first kappa shape index (κ1) is 20.3. The number of hydrogen-bond acceptors (Lipinski definition) is 6. The van der Waals surface area contributed by atoms with Gasteiger partial charge in [-0.05, 0) is 18.2 Å². The van der Waals surface area contributed by atoms with Crippen LogP contribution in [0.2, 0.25) is 5.02 Å². The molecule has 156 valence electrons. The number of anilines is 1. The molecule has 1 aliphatic rings. The first-order chi connectivity index (χ1) is 14.4. The molecule has 0 bridgehead atoms. The van der Waals surface area contributed by atoms with Crippen molar-refractivity contribution in [3.05, 3.63) is 71.1 Å². The third-order valence-electron chi connectivity index (χ3n) is 4.49. The zero-order valence-electron chi connectivity index (χ0n) is 15.8. The summed E-state index contributed by atoms with van der Waals surface area (Å²) < 4.78 is 41.8. The number of carbonyl (C=O) groups is 1. The van der Waals surface area contributed by atoms with Crippen LogP contribution in [0.25, 0.3) is 0 Å². The largest absolute Gasteiger partial charge is 0.490 e. The normalized spacial score (nSPS) is 13.5. The highest BCUT2D eigenvalue weighted by Gasteiger charge is 2.24. The smallest absolute Gasteiger partial charge is 0.291 e. The maximum atomic E-state index is 12.8. The van der Waals surface area contributed by atoms with Crippen LogP contribution >= 0.6 is 11.6 Å². The Labute approximate surface area is 178 Å². The minimum atomic E-state index is -3.64. The van der Waals surface area contributed by atoms with Gasteiger partial charge in [0.2, 0.25) is 0 Å². The number of sulfone groups is 1. The van der Waals surface area contributed by atoms with Gasteiger partial charge in [0, 0.05) is 24.1 Å². The lowest BCUT2D eigenvalue weighted by atomic mass is 10.2. The van der Waals surface area contributed by atoms with Crippen molar-refractivity contribution in [3.63, 3.8) is 0 Å². The highest BCUT2D eigenvalue weighted by Crippen LogP contribution is 2.38. The van der Waals surface area contributed by atoms with Gasteiger partial charge in [-0.1, -0.05) is 29.8 Å². The van der Waals surface area contributed by atoms with Gasteiger partial charge in [0.1, 0.15) is 0 Å². The van der Waals surface area contributed by atoms with Gasteiger partial charge in [-0.25, -0.2) is 8.42 Å². The van der Waals surface area contributed by atoms with E-state index in [9.17, 15) is 13.2 Å². The maximum absolute atomic E-state index is 12.8. The lowest BCUT2D eigenvalue weighted by Crippen LogP contribution is -2.15. The summed E-state index contributed by atoms with van der Waals surface area (Å²) in [7, 11) is -3.64. The maximum Gasteiger partial charge on any atom is 0.291 e. The summed E-state index contributed by atoms with van der Waals surface area (Å²) in [4.78, 5) is 12.9. The number of carbonyl (C=O) groups excluding carboxylic acids is 1. The van der Waals surface area contributed by atoms with Gasteiger partial charge >= 0.3 is 0 Å². The second-order valence-electron chi connectivity index (χ2n) is 6.63. The number of furan rings is 1. The van der Waals surface area contributed by atoms with Gasteiger partial charge in [-0.3, -0.25) is 4.79 Å². The summed E-state index contributed by atoms with van der Waals surface area (Å²) >= 11 is 6.27. The second-order valence-corrected chi connectivity index (χ2v) is 9.03. The van der Waals surface area contributed by atoms with E-state index in [1.807, 2.05) is 0 Å². The van der Waals surface area contributed by atoms with E-state index in [1.165, 1.54) is 24.5 Å². The Morgan fingerprint density at radius 2 is 1.73 bits per heavy atom. The monoisotopic (exact) mass is 447 g/mol. The Morgan fingerprint density at radius 1 is 1.03 bits per heavy atom. The molecule has 2 aromatic carbocycles. The first-order valence-electron chi connectivity index (χ1n) is 9.19. The molecular formula is C21H18ClNO6S. The molecule has 0 saturated heterocycles. The van der Waals surface area contributed by atoms with E-state index in [4.69, 9.17) is 25.5 Å². The molecule has 7 nitrogen and oxygen atoms in total. The van der Waals surface area contributed by atoms with Gasteiger partial charge in [-0.15, -0.1) is 0 Å². The Morgan fingerprint density at radius 3 is 2.47 bits per heavy atom. The average molecular weight is 448 g/mol. The number of benzene rings is 2. The van der Waals surface area contributed by atoms with Gasteiger partial charge in [0.25, 0.3) is 5.91 Å². The zero-order valence-corrected chi connectivity index (χ0v) is 17.3. The van der Waals surface area contributed by atoms with Crippen LogP contribution in [0.5, 0.6) is 11.5 Å². The fourth-order valence-electron chi connectivity index (χ4n) is 3.02. The predicted octanol–water partition coefficient (Wildman–Crippen LogP) is 4.32. The molecule has 1 aromatic heterocycles. The topological polar surface area (TPSA) is 94.8 Å². The summed E-state index contributed by atoms with van der Waals surface area (Å²) in [6.07, 6.45) is 2.01. The van der Waals surface area contributed by atoms with Crippen LogP contribution in [0, 0.1) is 0 Å². The van der Waals surface area contributed by atoms with Crippen LogP contribution in [0.3, 0.4) is 0 Å². The molecule has 9 heteroatoms. The Bertz CT molecular complexity index is 1170. The molecule has 1 aliphatic heterocycles. The van der Waals surface area contributed by atoms with Gasteiger partial charge < -0.3 is 19.2 Å². The van der Waals surface area contributed by atoms with Crippen molar-refractivity contribution < 1.29 is 27.1 Å². The molecule has 4 rings (SSSR count). The van der Waals surface area contributed by atoms with Crippen LogP contribution in [-0.4, -0.2) is 27.5 Å². The predicted molar refractivity (Wildman–Crippen MR) is 111 cm³/mol. The fourth-order valence-corrected chi connectivity index (χ4v) is 4.60. The minimum absolute atomic E-state index is 0.0994. The van der Waals surface area contributed by atoms with Crippen molar-refractivity contribution in [2.75, 3.05) is 18.5 Å². The van der Waals surface area contributed by atoms with Crippen molar-refractivity contribution in [1.29, 1.82) is 0 Å². The Hall–Kier alpha value is -2.97. The van der Waals surface area contributed by atoms with Gasteiger partial charge in [0.15, 0.2) is 27.1 Å². The number of ether oxygens (including phenoxy) is 2. The number of nitrogens with one attached hydrogen (secondary N) is 1. The Balaban J connectivity index is 1.56. The number of fused-ring (bicyclic) bond motifs is 1. The molecule has 0 spiro atoms. The molecule has 2 heterocycles. The highest BCUT2D eigenvalue weighted by molar-refractivity contribution is 7.90. The summed E-state index contributed by atoms with van der Waals surface area (Å²) in [5.74, 6) is -0.112. The average Bonchev–Trinajstić information content (AvgIpc) is 3.06. The second kappa shape index (κ2) is 8.41. The van der Waals surface area contributed by atoms with E-state index in [2.05, 4.69) is 5.32 Å². The first-order valence-corrected chi connectivity index (χ1v) is 11.2. The molecule has 0 unspecified atom stereocenters. The van der Waals surface area contributed by atoms with Crippen LogP contribution in [0.15, 0.2) is 64.1 Å². The van der Waals surface area contributed by atoms with Gasteiger partial charge in [-0.2, -0.15) is 0 Å². The van der Waals surface area contributed by atoms with Crippen LogP contribution in [0.1, 0.15) is 22.5 Å². The van der Waals surface area contributed by atoms with Crippen LogP contribution in [0.4, 0.5) is 5.69 Å². The summed E-state index contributed by atoms with van der Waals surface area (Å²) in [6, 6.07) is 12.6. The van der Waals surface area contributed by atoms with E-state index in [-0.39, 0.29) is 27.0 Å². The van der Waals surface area contributed by atoms with Gasteiger partial charge in [0.05, 0.1) is 40.8 Å². The molecule has 3 aromatic rings. The fraction of sp³-hybridized carbons (Fsp3) is 0.190. The van der Waals surface area contributed by atoms with Crippen molar-refractivity contribution in [2.24, 2.45) is 0 Å². The minimum Gasteiger partial charge on any atom is -0.490 e.